The molecule has 1 atom stereocenters. The van der Waals surface area contributed by atoms with Crippen molar-refractivity contribution in [2.75, 3.05) is 6.61 Å². The molecule has 0 rings (SSSR count). The Kier molecular flexibility index (Phi) is 7.42. The number of hydrogen-bond acceptors (Lipinski definition) is 5. The second-order valence-corrected chi connectivity index (χ2v) is 3.80. The third-order valence-corrected chi connectivity index (χ3v) is 1.91. The number of carbonyl (C=O) groups is 3. The van der Waals surface area contributed by atoms with Gasteiger partial charge in [-0.2, -0.15) is 0 Å². The summed E-state index contributed by atoms with van der Waals surface area (Å²) in [6.45, 7) is 5.02. The summed E-state index contributed by atoms with van der Waals surface area (Å²) in [5, 5.41) is 8.56. The van der Waals surface area contributed by atoms with Crippen LogP contribution in [-0.4, -0.2) is 35.7 Å². The van der Waals surface area contributed by atoms with Crippen LogP contribution in [0.25, 0.3) is 0 Å². The molecule has 1 unspecified atom stereocenters. The van der Waals surface area contributed by atoms with E-state index in [0.717, 1.165) is 12.5 Å². The van der Waals surface area contributed by atoms with Crippen LogP contribution in [0.1, 0.15) is 33.6 Å². The van der Waals surface area contributed by atoms with Gasteiger partial charge in [-0.3, -0.25) is 4.79 Å². The molecule has 0 aliphatic carbocycles. The third kappa shape index (κ3) is 7.43. The van der Waals surface area contributed by atoms with E-state index in [-0.39, 0.29) is 12.0 Å². The van der Waals surface area contributed by atoms with Crippen molar-refractivity contribution < 1.29 is 29.0 Å². The third-order valence-electron chi connectivity index (χ3n) is 1.91. The fraction of sp³-hybridized carbons (Fsp3) is 0.583. The maximum Gasteiger partial charge on any atom is 0.331 e. The van der Waals surface area contributed by atoms with E-state index in [1.807, 2.05) is 6.92 Å². The molecule has 0 bridgehead atoms. The Morgan fingerprint density at radius 3 is 2.44 bits per heavy atom. The van der Waals surface area contributed by atoms with Crippen LogP contribution >= 0.6 is 0 Å². The number of carboxylic acid groups (broad SMARTS) is 1. The number of carboxylic acids is 1. The normalized spacial score (nSPS) is 12.7. The molecule has 18 heavy (non-hydrogen) atoms. The maximum atomic E-state index is 11.2. The lowest BCUT2D eigenvalue weighted by molar-refractivity contribution is -0.151. The average molecular weight is 258 g/mol. The predicted molar refractivity (Wildman–Crippen MR) is 62.8 cm³/mol. The predicted octanol–water partition coefficient (Wildman–Crippen LogP) is 1.29. The van der Waals surface area contributed by atoms with Gasteiger partial charge >= 0.3 is 17.9 Å². The molecule has 102 valence electrons. The molecule has 0 saturated heterocycles. The number of esters is 2. The van der Waals surface area contributed by atoms with Crippen LogP contribution in [0.4, 0.5) is 0 Å². The first-order valence-corrected chi connectivity index (χ1v) is 5.64. The van der Waals surface area contributed by atoms with Crippen LogP contribution in [-0.2, 0) is 23.9 Å². The number of aliphatic carboxylic acids is 1. The van der Waals surface area contributed by atoms with E-state index >= 15 is 0 Å². The van der Waals surface area contributed by atoms with Gasteiger partial charge in [-0.15, -0.1) is 0 Å². The van der Waals surface area contributed by atoms with E-state index in [4.69, 9.17) is 14.6 Å². The molecular weight excluding hydrogens is 240 g/mol. The van der Waals surface area contributed by atoms with Gasteiger partial charge in [0.2, 0.25) is 0 Å². The highest BCUT2D eigenvalue weighted by Gasteiger charge is 2.14. The smallest absolute Gasteiger partial charge is 0.331 e. The van der Waals surface area contributed by atoms with Gasteiger partial charge in [0.05, 0.1) is 13.0 Å². The van der Waals surface area contributed by atoms with Crippen molar-refractivity contribution in [3.8, 4) is 0 Å². The van der Waals surface area contributed by atoms with Gasteiger partial charge in [-0.05, 0) is 20.3 Å². The molecule has 0 radical (unpaired) electrons. The summed E-state index contributed by atoms with van der Waals surface area (Å²) in [5.74, 6) is -2.43. The lowest BCUT2D eigenvalue weighted by Crippen LogP contribution is -2.19. The van der Waals surface area contributed by atoms with Gasteiger partial charge in [0, 0.05) is 11.6 Å². The zero-order valence-corrected chi connectivity index (χ0v) is 10.8. The Morgan fingerprint density at radius 2 is 1.94 bits per heavy atom. The van der Waals surface area contributed by atoms with Crippen LogP contribution in [0.3, 0.4) is 0 Å². The van der Waals surface area contributed by atoms with Crippen molar-refractivity contribution >= 4 is 17.9 Å². The fourth-order valence-electron chi connectivity index (χ4n) is 1.02. The minimum Gasteiger partial charge on any atom is -0.478 e. The van der Waals surface area contributed by atoms with Gasteiger partial charge in [0.25, 0.3) is 0 Å². The van der Waals surface area contributed by atoms with E-state index in [0.29, 0.717) is 6.61 Å². The summed E-state index contributed by atoms with van der Waals surface area (Å²) >= 11 is 0. The first kappa shape index (κ1) is 16.1. The molecule has 0 aromatic carbocycles. The van der Waals surface area contributed by atoms with Crippen molar-refractivity contribution in [2.24, 2.45) is 0 Å². The van der Waals surface area contributed by atoms with Gasteiger partial charge < -0.3 is 14.6 Å². The van der Waals surface area contributed by atoms with Crippen molar-refractivity contribution in [2.45, 2.75) is 39.7 Å². The molecular formula is C12H18O6. The number of rotatable bonds is 7. The Bertz CT molecular complexity index is 344. The number of carbonyl (C=O) groups excluding carboxylic acids is 2. The topological polar surface area (TPSA) is 89.9 Å². The summed E-state index contributed by atoms with van der Waals surface area (Å²) < 4.78 is 9.67. The summed E-state index contributed by atoms with van der Waals surface area (Å²) in [6, 6.07) is 0. The Hall–Kier alpha value is -1.85. The summed E-state index contributed by atoms with van der Waals surface area (Å²) in [7, 11) is 0. The standard InChI is InChI=1S/C12H18O6/c1-4-5-17-10(13)7-9(3)18-11(14)6-8(2)12(15)16/h6,9H,4-5,7H2,1-3H3,(H,15,16)/b8-6-. The van der Waals surface area contributed by atoms with Crippen LogP contribution in [0.5, 0.6) is 0 Å². The number of hydrogen-bond donors (Lipinski definition) is 1. The largest absolute Gasteiger partial charge is 0.478 e. The van der Waals surface area contributed by atoms with Gasteiger partial charge in [0.1, 0.15) is 6.10 Å². The second kappa shape index (κ2) is 8.27. The highest BCUT2D eigenvalue weighted by atomic mass is 16.6. The molecule has 0 aromatic heterocycles. The van der Waals surface area contributed by atoms with Crippen LogP contribution in [0.15, 0.2) is 11.6 Å². The lowest BCUT2D eigenvalue weighted by Gasteiger charge is -2.11. The zero-order valence-electron chi connectivity index (χ0n) is 10.8. The SMILES string of the molecule is CCCOC(=O)CC(C)OC(=O)/C=C(/C)C(=O)O. The summed E-state index contributed by atoms with van der Waals surface area (Å²) in [4.78, 5) is 32.9. The molecule has 0 saturated carbocycles. The highest BCUT2D eigenvalue weighted by molar-refractivity contribution is 5.94. The summed E-state index contributed by atoms with van der Waals surface area (Å²) in [6.07, 6.45) is 0.891. The van der Waals surface area contributed by atoms with Crippen molar-refractivity contribution in [3.63, 3.8) is 0 Å². The van der Waals surface area contributed by atoms with Crippen LogP contribution < -0.4 is 0 Å². The minimum atomic E-state index is -1.19. The molecule has 6 nitrogen and oxygen atoms in total. The van der Waals surface area contributed by atoms with Crippen LogP contribution in [0.2, 0.25) is 0 Å². The van der Waals surface area contributed by atoms with Crippen LogP contribution in [0, 0.1) is 0 Å². The van der Waals surface area contributed by atoms with Gasteiger partial charge in [-0.1, -0.05) is 6.92 Å². The molecule has 0 aliphatic heterocycles. The van der Waals surface area contributed by atoms with Gasteiger partial charge in [0.15, 0.2) is 0 Å². The fourth-order valence-corrected chi connectivity index (χ4v) is 1.02. The van der Waals surface area contributed by atoms with Gasteiger partial charge in [-0.25, -0.2) is 9.59 Å². The molecule has 0 amide bonds. The number of ether oxygens (including phenoxy) is 2. The lowest BCUT2D eigenvalue weighted by atomic mass is 10.2. The molecule has 0 fully saturated rings. The van der Waals surface area contributed by atoms with Crippen molar-refractivity contribution in [1.82, 2.24) is 0 Å². The van der Waals surface area contributed by atoms with E-state index in [1.54, 1.807) is 0 Å². The van der Waals surface area contributed by atoms with E-state index in [9.17, 15) is 14.4 Å². The first-order valence-electron chi connectivity index (χ1n) is 5.64. The van der Waals surface area contributed by atoms with E-state index in [2.05, 4.69) is 0 Å². The quantitative estimate of drug-likeness (QED) is 0.546. The molecule has 0 heterocycles. The van der Waals surface area contributed by atoms with Crippen molar-refractivity contribution in [1.29, 1.82) is 0 Å². The summed E-state index contributed by atoms with van der Waals surface area (Å²) in [5.41, 5.74) is -0.124. The Labute approximate surface area is 106 Å². The molecule has 1 N–H and O–H groups in total. The second-order valence-electron chi connectivity index (χ2n) is 3.80. The Morgan fingerprint density at radius 1 is 1.33 bits per heavy atom. The minimum absolute atomic E-state index is 0.0499. The molecule has 6 heteroatoms. The average Bonchev–Trinajstić information content (AvgIpc) is 2.25. The van der Waals surface area contributed by atoms with E-state index < -0.39 is 24.0 Å². The van der Waals surface area contributed by atoms with Crippen molar-refractivity contribution in [3.05, 3.63) is 11.6 Å². The zero-order chi connectivity index (χ0) is 14.1. The molecule has 0 spiro atoms. The first-order chi connectivity index (χ1) is 8.36. The highest BCUT2D eigenvalue weighted by Crippen LogP contribution is 2.03. The maximum absolute atomic E-state index is 11.2. The Balaban J connectivity index is 4.12. The molecule has 0 aromatic rings. The van der Waals surface area contributed by atoms with E-state index in [1.165, 1.54) is 13.8 Å². The molecule has 0 aliphatic rings. The monoisotopic (exact) mass is 258 g/mol.